The summed E-state index contributed by atoms with van der Waals surface area (Å²) in [6.07, 6.45) is -0.790. The van der Waals surface area contributed by atoms with Crippen molar-refractivity contribution in [2.45, 2.75) is 24.3 Å². The molecule has 0 unspecified atom stereocenters. The molecule has 0 saturated heterocycles. The highest BCUT2D eigenvalue weighted by atomic mass is 35.5. The maximum Gasteiger partial charge on any atom is 0.214 e. The fourth-order valence-corrected chi connectivity index (χ4v) is 3.38. The van der Waals surface area contributed by atoms with Crippen molar-refractivity contribution in [2.24, 2.45) is 0 Å². The Hall–Kier alpha value is -2.13. The zero-order valence-corrected chi connectivity index (χ0v) is 17.1. The number of hydrogen-bond acceptors (Lipinski definition) is 7. The zero-order valence-electron chi connectivity index (χ0n) is 15.5. The number of aliphatic hydroxyl groups excluding tert-OH is 1. The van der Waals surface area contributed by atoms with Crippen LogP contribution < -0.4 is 4.74 Å². The molecule has 3 rings (SSSR count). The SMILES string of the molecule is COc1ccc(-n2nnnc2SC[C@@H](O)CO[C@@H](C)c2ccc(Cl)cc2)cc1. The van der Waals surface area contributed by atoms with E-state index >= 15 is 0 Å². The van der Waals surface area contributed by atoms with Gasteiger partial charge in [0.15, 0.2) is 0 Å². The predicted molar refractivity (Wildman–Crippen MR) is 108 cm³/mol. The molecule has 0 aliphatic rings. The number of rotatable bonds is 9. The third-order valence-corrected chi connectivity index (χ3v) is 5.36. The van der Waals surface area contributed by atoms with Gasteiger partial charge < -0.3 is 14.6 Å². The molecule has 2 atom stereocenters. The fourth-order valence-electron chi connectivity index (χ4n) is 2.46. The fraction of sp³-hybridized carbons (Fsp3) is 0.316. The van der Waals surface area contributed by atoms with E-state index in [2.05, 4.69) is 15.5 Å². The Morgan fingerprint density at radius 3 is 2.54 bits per heavy atom. The quantitative estimate of drug-likeness (QED) is 0.530. The van der Waals surface area contributed by atoms with E-state index in [1.807, 2.05) is 55.5 Å². The highest BCUT2D eigenvalue weighted by molar-refractivity contribution is 7.99. The molecule has 0 fully saturated rings. The second kappa shape index (κ2) is 9.88. The van der Waals surface area contributed by atoms with Gasteiger partial charge in [-0.05, 0) is 59.3 Å². The van der Waals surface area contributed by atoms with E-state index in [1.165, 1.54) is 11.8 Å². The number of benzene rings is 2. The molecule has 0 amide bonds. The van der Waals surface area contributed by atoms with Crippen LogP contribution in [0.4, 0.5) is 0 Å². The highest BCUT2D eigenvalue weighted by Gasteiger charge is 2.14. The van der Waals surface area contributed by atoms with Crippen LogP contribution in [0.15, 0.2) is 53.7 Å². The highest BCUT2D eigenvalue weighted by Crippen LogP contribution is 2.22. The smallest absolute Gasteiger partial charge is 0.214 e. The molecule has 0 aliphatic heterocycles. The predicted octanol–water partition coefficient (Wildman–Crippen LogP) is 3.56. The average molecular weight is 421 g/mol. The summed E-state index contributed by atoms with van der Waals surface area (Å²) in [5, 5.41) is 23.3. The van der Waals surface area contributed by atoms with Gasteiger partial charge in [0, 0.05) is 10.8 Å². The van der Waals surface area contributed by atoms with Crippen LogP contribution in [0.1, 0.15) is 18.6 Å². The molecule has 7 nitrogen and oxygen atoms in total. The van der Waals surface area contributed by atoms with Crippen LogP contribution in [0.5, 0.6) is 5.75 Å². The minimum Gasteiger partial charge on any atom is -0.497 e. The average Bonchev–Trinajstić information content (AvgIpc) is 3.19. The van der Waals surface area contributed by atoms with Gasteiger partial charge in [-0.1, -0.05) is 35.5 Å². The van der Waals surface area contributed by atoms with Gasteiger partial charge in [-0.3, -0.25) is 0 Å². The number of ether oxygens (including phenoxy) is 2. The van der Waals surface area contributed by atoms with Crippen molar-refractivity contribution in [1.29, 1.82) is 0 Å². The molecule has 0 bridgehead atoms. The van der Waals surface area contributed by atoms with Crippen LogP contribution in [0.3, 0.4) is 0 Å². The lowest BCUT2D eigenvalue weighted by molar-refractivity contribution is 0.00621. The minimum atomic E-state index is -0.652. The van der Waals surface area contributed by atoms with E-state index in [-0.39, 0.29) is 12.7 Å². The number of halogens is 1. The molecule has 0 aliphatic carbocycles. The molecule has 0 spiro atoms. The van der Waals surface area contributed by atoms with Crippen LogP contribution in [0, 0.1) is 0 Å². The second-order valence-corrected chi connectivity index (χ2v) is 7.49. The Morgan fingerprint density at radius 2 is 1.86 bits per heavy atom. The van der Waals surface area contributed by atoms with Gasteiger partial charge in [-0.15, -0.1) is 5.10 Å². The van der Waals surface area contributed by atoms with Crippen LogP contribution in [0.25, 0.3) is 5.69 Å². The molecule has 2 aromatic carbocycles. The van der Waals surface area contributed by atoms with E-state index in [4.69, 9.17) is 21.1 Å². The van der Waals surface area contributed by atoms with E-state index in [1.54, 1.807) is 11.8 Å². The van der Waals surface area contributed by atoms with Crippen molar-refractivity contribution in [2.75, 3.05) is 19.5 Å². The van der Waals surface area contributed by atoms with E-state index < -0.39 is 6.10 Å². The number of hydrogen-bond donors (Lipinski definition) is 1. The van der Waals surface area contributed by atoms with Gasteiger partial charge >= 0.3 is 0 Å². The van der Waals surface area contributed by atoms with Gasteiger partial charge in [0.05, 0.1) is 31.6 Å². The third kappa shape index (κ3) is 5.45. The second-order valence-electron chi connectivity index (χ2n) is 6.06. The molecule has 0 saturated carbocycles. The van der Waals surface area contributed by atoms with Crippen LogP contribution in [0.2, 0.25) is 5.02 Å². The Kier molecular flexibility index (Phi) is 7.27. The molecule has 0 radical (unpaired) electrons. The molecule has 1 heterocycles. The summed E-state index contributed by atoms with van der Waals surface area (Å²) in [5.41, 5.74) is 1.82. The van der Waals surface area contributed by atoms with Gasteiger partial charge in [-0.25, -0.2) is 0 Å². The molecule has 148 valence electrons. The van der Waals surface area contributed by atoms with Crippen molar-refractivity contribution in [1.82, 2.24) is 20.2 Å². The van der Waals surface area contributed by atoms with Crippen LogP contribution in [-0.2, 0) is 4.74 Å². The summed E-state index contributed by atoms with van der Waals surface area (Å²) < 4.78 is 12.5. The van der Waals surface area contributed by atoms with Crippen molar-refractivity contribution < 1.29 is 14.6 Å². The maximum atomic E-state index is 10.3. The van der Waals surface area contributed by atoms with E-state index in [0.717, 1.165) is 17.0 Å². The summed E-state index contributed by atoms with van der Waals surface area (Å²) in [5.74, 6) is 1.16. The van der Waals surface area contributed by atoms with Gasteiger partial charge in [0.2, 0.25) is 5.16 Å². The molecule has 1 N–H and O–H groups in total. The number of nitrogens with zero attached hydrogens (tertiary/aromatic N) is 4. The van der Waals surface area contributed by atoms with Crippen molar-refractivity contribution in [3.05, 3.63) is 59.1 Å². The largest absolute Gasteiger partial charge is 0.497 e. The standard InChI is InChI=1S/C19H21ClN4O3S/c1-13(14-3-5-15(20)6-4-14)27-11-17(25)12-28-19-21-22-23-24(19)16-7-9-18(26-2)10-8-16/h3-10,13,17,25H,11-12H2,1-2H3/t13-,17-/m0/s1. The number of aromatic nitrogens is 4. The van der Waals surface area contributed by atoms with E-state index in [0.29, 0.717) is 15.9 Å². The van der Waals surface area contributed by atoms with Gasteiger partial charge in [-0.2, -0.15) is 4.68 Å². The Morgan fingerprint density at radius 1 is 1.14 bits per heavy atom. The zero-order chi connectivity index (χ0) is 19.9. The Bertz CT molecular complexity index is 874. The molecular weight excluding hydrogens is 400 g/mol. The molecule has 1 aromatic heterocycles. The first-order valence-corrected chi connectivity index (χ1v) is 10.0. The van der Waals surface area contributed by atoms with Crippen LogP contribution >= 0.6 is 23.4 Å². The molecule has 3 aromatic rings. The lowest BCUT2D eigenvalue weighted by Gasteiger charge is -2.16. The number of methoxy groups -OCH3 is 1. The third-order valence-electron chi connectivity index (χ3n) is 4.04. The first kappa shape index (κ1) is 20.6. The number of aliphatic hydroxyl groups is 1. The maximum absolute atomic E-state index is 10.3. The lowest BCUT2D eigenvalue weighted by Crippen LogP contribution is -2.19. The lowest BCUT2D eigenvalue weighted by atomic mass is 10.1. The first-order chi connectivity index (χ1) is 13.6. The van der Waals surface area contributed by atoms with Crippen molar-refractivity contribution in [3.63, 3.8) is 0 Å². The van der Waals surface area contributed by atoms with Crippen molar-refractivity contribution >= 4 is 23.4 Å². The van der Waals surface area contributed by atoms with Gasteiger partial charge in [0.25, 0.3) is 0 Å². The number of thioether (sulfide) groups is 1. The van der Waals surface area contributed by atoms with Crippen molar-refractivity contribution in [3.8, 4) is 11.4 Å². The Balaban J connectivity index is 1.51. The Labute approximate surface area is 172 Å². The van der Waals surface area contributed by atoms with E-state index in [9.17, 15) is 5.11 Å². The summed E-state index contributed by atoms with van der Waals surface area (Å²) in [6.45, 7) is 2.15. The first-order valence-electron chi connectivity index (χ1n) is 8.67. The molecule has 9 heteroatoms. The molecular formula is C19H21ClN4O3S. The topological polar surface area (TPSA) is 82.3 Å². The monoisotopic (exact) mass is 420 g/mol. The summed E-state index contributed by atoms with van der Waals surface area (Å²) in [4.78, 5) is 0. The minimum absolute atomic E-state index is 0.137. The summed E-state index contributed by atoms with van der Waals surface area (Å²) >= 11 is 7.26. The summed E-state index contributed by atoms with van der Waals surface area (Å²) in [7, 11) is 1.62. The van der Waals surface area contributed by atoms with Gasteiger partial charge in [0.1, 0.15) is 5.75 Å². The molecule has 28 heavy (non-hydrogen) atoms. The normalized spacial score (nSPS) is 13.3. The van der Waals surface area contributed by atoms with Crippen LogP contribution in [-0.4, -0.2) is 50.9 Å². The number of tetrazole rings is 1. The summed E-state index contributed by atoms with van der Waals surface area (Å²) in [6, 6.07) is 14.9.